The van der Waals surface area contributed by atoms with Crippen LogP contribution >= 0.6 is 0 Å². The average Bonchev–Trinajstić information content (AvgIpc) is 2.68. The molecule has 1 N–H and O–H groups in total. The van der Waals surface area contributed by atoms with Crippen LogP contribution in [0, 0.1) is 5.92 Å². The van der Waals surface area contributed by atoms with Crippen molar-refractivity contribution in [3.63, 3.8) is 0 Å². The molecule has 0 unspecified atom stereocenters. The Hall–Kier alpha value is -2.83. The number of nitrogens with one attached hydrogen (secondary N) is 1. The predicted octanol–water partition coefficient (Wildman–Crippen LogP) is 1.32. The van der Waals surface area contributed by atoms with Gasteiger partial charge in [-0.05, 0) is 25.0 Å². The van der Waals surface area contributed by atoms with E-state index in [4.69, 9.17) is 4.74 Å². The van der Waals surface area contributed by atoms with Crippen molar-refractivity contribution in [2.24, 2.45) is 13.0 Å². The van der Waals surface area contributed by atoms with Gasteiger partial charge >= 0.3 is 0 Å². The second-order valence-electron chi connectivity index (χ2n) is 6.44. The van der Waals surface area contributed by atoms with Gasteiger partial charge in [0, 0.05) is 44.2 Å². The van der Waals surface area contributed by atoms with Gasteiger partial charge in [-0.15, -0.1) is 0 Å². The number of amides is 1. The van der Waals surface area contributed by atoms with E-state index in [2.05, 4.69) is 15.3 Å². The summed E-state index contributed by atoms with van der Waals surface area (Å²) in [6.45, 7) is 1.96. The summed E-state index contributed by atoms with van der Waals surface area (Å²) < 4.78 is 6.65. The molecule has 138 valence electrons. The fourth-order valence-corrected chi connectivity index (χ4v) is 3.21. The van der Waals surface area contributed by atoms with Gasteiger partial charge in [0.05, 0.1) is 7.11 Å². The zero-order valence-electron chi connectivity index (χ0n) is 15.1. The van der Waals surface area contributed by atoms with Crippen LogP contribution in [0.3, 0.4) is 0 Å². The van der Waals surface area contributed by atoms with Crippen LogP contribution in [-0.4, -0.2) is 35.9 Å². The number of para-hydroxylation sites is 1. The average molecular weight is 356 g/mol. The van der Waals surface area contributed by atoms with E-state index >= 15 is 0 Å². The Morgan fingerprint density at radius 3 is 2.65 bits per heavy atom. The number of carbonyl (C=O) groups excluding carboxylic acids is 1. The first-order valence-electron chi connectivity index (χ1n) is 8.77. The maximum absolute atomic E-state index is 12.5. The summed E-state index contributed by atoms with van der Waals surface area (Å²) in [7, 11) is 3.27. The van der Waals surface area contributed by atoms with E-state index < -0.39 is 0 Å². The zero-order chi connectivity index (χ0) is 18.5. The van der Waals surface area contributed by atoms with Crippen LogP contribution in [0.25, 0.3) is 0 Å². The van der Waals surface area contributed by atoms with Crippen LogP contribution in [0.1, 0.15) is 18.4 Å². The summed E-state index contributed by atoms with van der Waals surface area (Å²) in [5, 5.41) is 7.29. The molecule has 1 amide bonds. The first-order chi connectivity index (χ1) is 12.6. The molecule has 1 aliphatic heterocycles. The summed E-state index contributed by atoms with van der Waals surface area (Å²) in [4.78, 5) is 26.0. The number of hydrogen-bond acceptors (Lipinski definition) is 5. The molecule has 2 aromatic rings. The highest BCUT2D eigenvalue weighted by Gasteiger charge is 2.25. The van der Waals surface area contributed by atoms with Crippen LogP contribution < -0.4 is 20.5 Å². The summed E-state index contributed by atoms with van der Waals surface area (Å²) >= 11 is 0. The van der Waals surface area contributed by atoms with Crippen LogP contribution in [0.15, 0.2) is 41.2 Å². The van der Waals surface area contributed by atoms with E-state index in [1.165, 1.54) is 10.7 Å². The quantitative estimate of drug-likeness (QED) is 0.874. The lowest BCUT2D eigenvalue weighted by Crippen LogP contribution is -2.41. The Morgan fingerprint density at radius 2 is 1.96 bits per heavy atom. The van der Waals surface area contributed by atoms with Crippen molar-refractivity contribution < 1.29 is 9.53 Å². The monoisotopic (exact) mass is 356 g/mol. The number of carbonyl (C=O) groups is 1. The van der Waals surface area contributed by atoms with Crippen molar-refractivity contribution in [1.29, 1.82) is 0 Å². The van der Waals surface area contributed by atoms with E-state index in [0.29, 0.717) is 6.54 Å². The second kappa shape index (κ2) is 8.03. The molecule has 0 bridgehead atoms. The normalized spacial score (nSPS) is 14.9. The van der Waals surface area contributed by atoms with Crippen molar-refractivity contribution in [2.75, 3.05) is 25.1 Å². The Kier molecular flexibility index (Phi) is 5.55. The molecule has 1 aliphatic rings. The van der Waals surface area contributed by atoms with Gasteiger partial charge in [-0.3, -0.25) is 9.59 Å². The minimum atomic E-state index is -0.126. The Balaban J connectivity index is 1.53. The van der Waals surface area contributed by atoms with Gasteiger partial charge in [-0.25, -0.2) is 4.68 Å². The summed E-state index contributed by atoms with van der Waals surface area (Å²) in [6, 6.07) is 10.9. The lowest BCUT2D eigenvalue weighted by molar-refractivity contribution is -0.125. The maximum atomic E-state index is 12.5. The number of rotatable bonds is 5. The molecule has 1 saturated heterocycles. The lowest BCUT2D eigenvalue weighted by Gasteiger charge is -2.32. The first-order valence-corrected chi connectivity index (χ1v) is 8.77. The Labute approximate surface area is 152 Å². The summed E-state index contributed by atoms with van der Waals surface area (Å²) in [5.74, 6) is 1.63. The molecule has 2 heterocycles. The van der Waals surface area contributed by atoms with Crippen molar-refractivity contribution in [3.8, 4) is 5.75 Å². The number of aromatic nitrogens is 2. The van der Waals surface area contributed by atoms with Gasteiger partial charge in [0.1, 0.15) is 11.6 Å². The predicted molar refractivity (Wildman–Crippen MR) is 99.3 cm³/mol. The standard InChI is InChI=1S/C19H24N4O3/c1-22-18(24)8-7-17(21-22)23-11-9-14(10-12-23)19(25)20-13-15-5-3-4-6-16(15)26-2/h3-8,14H,9-13H2,1-2H3,(H,20,25). The van der Waals surface area contributed by atoms with Gasteiger partial charge in [0.2, 0.25) is 5.91 Å². The number of nitrogens with zero attached hydrogens (tertiary/aromatic N) is 3. The molecule has 0 radical (unpaired) electrons. The van der Waals surface area contributed by atoms with Gasteiger partial charge in [0.15, 0.2) is 0 Å². The first kappa shape index (κ1) is 18.0. The van der Waals surface area contributed by atoms with Crippen molar-refractivity contribution >= 4 is 11.7 Å². The summed E-state index contributed by atoms with van der Waals surface area (Å²) in [5.41, 5.74) is 0.842. The van der Waals surface area contributed by atoms with E-state index in [9.17, 15) is 9.59 Å². The third-order valence-corrected chi connectivity index (χ3v) is 4.78. The fourth-order valence-electron chi connectivity index (χ4n) is 3.21. The van der Waals surface area contributed by atoms with Gasteiger partial charge in [-0.2, -0.15) is 5.10 Å². The molecule has 0 spiro atoms. The number of hydrogen-bond donors (Lipinski definition) is 1. The lowest BCUT2D eigenvalue weighted by atomic mass is 9.96. The number of methoxy groups -OCH3 is 1. The number of anilines is 1. The van der Waals surface area contributed by atoms with Crippen LogP contribution in [0.2, 0.25) is 0 Å². The maximum Gasteiger partial charge on any atom is 0.266 e. The minimum Gasteiger partial charge on any atom is -0.496 e. The van der Waals surface area contributed by atoms with Gasteiger partial charge in [0.25, 0.3) is 5.56 Å². The molecule has 1 aromatic carbocycles. The SMILES string of the molecule is COc1ccccc1CNC(=O)C1CCN(c2ccc(=O)n(C)n2)CC1. The highest BCUT2D eigenvalue weighted by atomic mass is 16.5. The molecule has 7 nitrogen and oxygen atoms in total. The van der Waals surface area contributed by atoms with E-state index in [1.807, 2.05) is 24.3 Å². The molecule has 0 saturated carbocycles. The molecular formula is C19H24N4O3. The molecule has 1 aromatic heterocycles. The molecule has 0 atom stereocenters. The molecule has 1 fully saturated rings. The number of ether oxygens (including phenoxy) is 1. The smallest absolute Gasteiger partial charge is 0.266 e. The molecule has 7 heteroatoms. The second-order valence-corrected chi connectivity index (χ2v) is 6.44. The van der Waals surface area contributed by atoms with E-state index in [-0.39, 0.29) is 17.4 Å². The van der Waals surface area contributed by atoms with Crippen molar-refractivity contribution in [3.05, 3.63) is 52.3 Å². The van der Waals surface area contributed by atoms with Crippen molar-refractivity contribution in [2.45, 2.75) is 19.4 Å². The zero-order valence-corrected chi connectivity index (χ0v) is 15.1. The topological polar surface area (TPSA) is 76.5 Å². The Morgan fingerprint density at radius 1 is 1.23 bits per heavy atom. The number of piperidine rings is 1. The van der Waals surface area contributed by atoms with Gasteiger partial charge < -0.3 is 15.0 Å². The minimum absolute atomic E-state index is 0.00603. The third kappa shape index (κ3) is 4.04. The van der Waals surface area contributed by atoms with E-state index in [0.717, 1.165) is 43.1 Å². The highest BCUT2D eigenvalue weighted by Crippen LogP contribution is 2.22. The molecular weight excluding hydrogens is 332 g/mol. The summed E-state index contributed by atoms with van der Waals surface area (Å²) in [6.07, 6.45) is 1.53. The van der Waals surface area contributed by atoms with E-state index in [1.54, 1.807) is 20.2 Å². The van der Waals surface area contributed by atoms with Crippen LogP contribution in [0.4, 0.5) is 5.82 Å². The van der Waals surface area contributed by atoms with Crippen LogP contribution in [0.5, 0.6) is 5.75 Å². The number of aryl methyl sites for hydroxylation is 1. The van der Waals surface area contributed by atoms with Crippen LogP contribution in [-0.2, 0) is 18.4 Å². The molecule has 0 aliphatic carbocycles. The van der Waals surface area contributed by atoms with Crippen molar-refractivity contribution in [1.82, 2.24) is 15.1 Å². The largest absolute Gasteiger partial charge is 0.496 e. The van der Waals surface area contributed by atoms with Gasteiger partial charge in [-0.1, -0.05) is 18.2 Å². The Bertz CT molecular complexity index is 826. The highest BCUT2D eigenvalue weighted by molar-refractivity contribution is 5.79. The molecule has 3 rings (SSSR count). The fraction of sp³-hybridized carbons (Fsp3) is 0.421. The number of benzene rings is 1. The molecule has 26 heavy (non-hydrogen) atoms. The third-order valence-electron chi connectivity index (χ3n) is 4.78.